The Morgan fingerprint density at radius 3 is 2.62 bits per heavy atom. The van der Waals surface area contributed by atoms with Crippen LogP contribution >= 0.6 is 0 Å². The fourth-order valence-corrected chi connectivity index (χ4v) is 2.73. The standard InChI is InChI=1S/C17H13N3O/c21-20-11-15-17(14-8-4-5-9-16(14)20)19(12-18-15)10-13-6-2-1-3-7-13/h1-9,11-12H,10H2. The highest BCUT2D eigenvalue weighted by molar-refractivity contribution is 6.00. The van der Waals surface area contributed by atoms with E-state index in [4.69, 9.17) is 0 Å². The van der Waals surface area contributed by atoms with Crippen LogP contribution in [0.3, 0.4) is 0 Å². The van der Waals surface area contributed by atoms with Crippen LogP contribution in [0.2, 0.25) is 0 Å². The van der Waals surface area contributed by atoms with Crippen LogP contribution in [0.4, 0.5) is 0 Å². The van der Waals surface area contributed by atoms with Crippen molar-refractivity contribution in [2.24, 2.45) is 0 Å². The number of pyridine rings is 1. The highest BCUT2D eigenvalue weighted by Gasteiger charge is 2.13. The van der Waals surface area contributed by atoms with Crippen molar-refractivity contribution in [3.05, 3.63) is 77.9 Å². The molecule has 0 aliphatic heterocycles. The molecule has 4 nitrogen and oxygen atoms in total. The Hall–Kier alpha value is -2.88. The van der Waals surface area contributed by atoms with E-state index in [2.05, 4.69) is 21.7 Å². The molecule has 0 atom stereocenters. The highest BCUT2D eigenvalue weighted by atomic mass is 16.5. The van der Waals surface area contributed by atoms with Gasteiger partial charge in [-0.05, 0) is 11.6 Å². The molecule has 102 valence electrons. The molecule has 4 heteroatoms. The van der Waals surface area contributed by atoms with Crippen molar-refractivity contribution in [1.82, 2.24) is 9.55 Å². The first-order chi connectivity index (χ1) is 10.3. The summed E-state index contributed by atoms with van der Waals surface area (Å²) < 4.78 is 2.98. The maximum Gasteiger partial charge on any atom is 0.226 e. The predicted octanol–water partition coefficient (Wildman–Crippen LogP) is 2.87. The minimum atomic E-state index is 0.666. The minimum absolute atomic E-state index is 0.666. The molecular weight excluding hydrogens is 262 g/mol. The maximum absolute atomic E-state index is 12.0. The molecule has 4 aromatic rings. The van der Waals surface area contributed by atoms with Crippen LogP contribution in [0.25, 0.3) is 21.9 Å². The molecule has 0 spiro atoms. The lowest BCUT2D eigenvalue weighted by molar-refractivity contribution is -0.575. The van der Waals surface area contributed by atoms with Crippen LogP contribution in [0, 0.1) is 5.21 Å². The van der Waals surface area contributed by atoms with Crippen LogP contribution in [-0.2, 0) is 6.54 Å². The Morgan fingerprint density at radius 1 is 1.00 bits per heavy atom. The molecule has 0 saturated carbocycles. The molecule has 0 N–H and O–H groups in total. The van der Waals surface area contributed by atoms with E-state index in [0.717, 1.165) is 27.7 Å². The van der Waals surface area contributed by atoms with Gasteiger partial charge < -0.3 is 9.77 Å². The Balaban J connectivity index is 1.97. The van der Waals surface area contributed by atoms with Crippen molar-refractivity contribution in [2.45, 2.75) is 6.54 Å². The lowest BCUT2D eigenvalue weighted by Gasteiger charge is -2.07. The summed E-state index contributed by atoms with van der Waals surface area (Å²) in [6.07, 6.45) is 3.34. The van der Waals surface area contributed by atoms with Crippen LogP contribution < -0.4 is 4.73 Å². The van der Waals surface area contributed by atoms with Crippen molar-refractivity contribution in [1.29, 1.82) is 0 Å². The third kappa shape index (κ3) is 1.92. The maximum atomic E-state index is 12.0. The number of fused-ring (bicyclic) bond motifs is 3. The molecule has 2 heterocycles. The van der Waals surface area contributed by atoms with Crippen LogP contribution in [0.1, 0.15) is 5.56 Å². The van der Waals surface area contributed by atoms with Crippen molar-refractivity contribution >= 4 is 21.9 Å². The lowest BCUT2D eigenvalue weighted by atomic mass is 10.2. The number of para-hydroxylation sites is 1. The lowest BCUT2D eigenvalue weighted by Crippen LogP contribution is -2.26. The van der Waals surface area contributed by atoms with Gasteiger partial charge in [-0.25, -0.2) is 4.98 Å². The molecular formula is C17H13N3O. The second kappa shape index (κ2) is 4.59. The van der Waals surface area contributed by atoms with Gasteiger partial charge in [0.05, 0.1) is 17.2 Å². The van der Waals surface area contributed by atoms with Gasteiger partial charge in [-0.3, -0.25) is 0 Å². The van der Waals surface area contributed by atoms with Gasteiger partial charge in [0.1, 0.15) is 0 Å². The van der Waals surface area contributed by atoms with Crippen LogP contribution in [-0.4, -0.2) is 9.55 Å². The Morgan fingerprint density at radius 2 is 1.76 bits per heavy atom. The zero-order chi connectivity index (χ0) is 14.2. The summed E-state index contributed by atoms with van der Waals surface area (Å²) in [6.45, 7) is 0.740. The van der Waals surface area contributed by atoms with Gasteiger partial charge in [-0.15, -0.1) is 0 Å². The first-order valence-electron chi connectivity index (χ1n) is 6.82. The number of rotatable bonds is 2. The number of imidazole rings is 1. The molecule has 0 aliphatic rings. The molecule has 2 aromatic carbocycles. The fraction of sp³-hybridized carbons (Fsp3) is 0.0588. The topological polar surface area (TPSA) is 44.8 Å². The first kappa shape index (κ1) is 11.9. The molecule has 0 amide bonds. The molecule has 4 rings (SSSR count). The molecule has 0 aliphatic carbocycles. The van der Waals surface area contributed by atoms with Gasteiger partial charge in [0, 0.05) is 12.6 Å². The van der Waals surface area contributed by atoms with Crippen molar-refractivity contribution in [2.75, 3.05) is 0 Å². The van der Waals surface area contributed by atoms with Crippen molar-refractivity contribution in [3.8, 4) is 0 Å². The van der Waals surface area contributed by atoms with Crippen LogP contribution in [0.5, 0.6) is 0 Å². The van der Waals surface area contributed by atoms with E-state index in [0.29, 0.717) is 5.52 Å². The quantitative estimate of drug-likeness (QED) is 0.417. The Labute approximate surface area is 121 Å². The SMILES string of the molecule is [O-][n+]1cc2ncn(Cc3ccccc3)c2c2ccccc21. The average Bonchev–Trinajstić information content (AvgIpc) is 2.91. The fourth-order valence-electron chi connectivity index (χ4n) is 2.73. The third-order valence-electron chi connectivity index (χ3n) is 3.70. The molecule has 21 heavy (non-hydrogen) atoms. The van der Waals surface area contributed by atoms with E-state index in [-0.39, 0.29) is 0 Å². The summed E-state index contributed by atoms with van der Waals surface area (Å²) in [6, 6.07) is 17.9. The predicted molar refractivity (Wildman–Crippen MR) is 81.7 cm³/mol. The van der Waals surface area contributed by atoms with E-state index in [9.17, 15) is 5.21 Å². The summed E-state index contributed by atoms with van der Waals surface area (Å²) in [5, 5.41) is 13.0. The number of hydrogen-bond acceptors (Lipinski definition) is 2. The van der Waals surface area contributed by atoms with E-state index in [1.807, 2.05) is 42.5 Å². The van der Waals surface area contributed by atoms with Gasteiger partial charge in [0.15, 0.2) is 5.52 Å². The molecule has 0 bridgehead atoms. The number of aromatic nitrogens is 3. The highest BCUT2D eigenvalue weighted by Crippen LogP contribution is 2.22. The molecule has 0 radical (unpaired) electrons. The smallest absolute Gasteiger partial charge is 0.226 e. The van der Waals surface area contributed by atoms with E-state index >= 15 is 0 Å². The number of hydrogen-bond donors (Lipinski definition) is 0. The van der Waals surface area contributed by atoms with Crippen LogP contribution in [0.15, 0.2) is 67.1 Å². The number of nitrogens with zero attached hydrogens (tertiary/aromatic N) is 3. The molecule has 0 saturated heterocycles. The third-order valence-corrected chi connectivity index (χ3v) is 3.70. The minimum Gasteiger partial charge on any atom is -0.618 e. The zero-order valence-corrected chi connectivity index (χ0v) is 11.3. The average molecular weight is 275 g/mol. The van der Waals surface area contributed by atoms with E-state index < -0.39 is 0 Å². The summed E-state index contributed by atoms with van der Waals surface area (Å²) in [5.74, 6) is 0. The summed E-state index contributed by atoms with van der Waals surface area (Å²) >= 11 is 0. The summed E-state index contributed by atoms with van der Waals surface area (Å²) in [7, 11) is 0. The van der Waals surface area contributed by atoms with Gasteiger partial charge in [-0.2, -0.15) is 4.73 Å². The monoisotopic (exact) mass is 275 g/mol. The van der Waals surface area contributed by atoms with Gasteiger partial charge >= 0.3 is 0 Å². The largest absolute Gasteiger partial charge is 0.618 e. The molecule has 2 aromatic heterocycles. The summed E-state index contributed by atoms with van der Waals surface area (Å²) in [4.78, 5) is 4.37. The van der Waals surface area contributed by atoms with E-state index in [1.165, 1.54) is 5.56 Å². The van der Waals surface area contributed by atoms with Crippen molar-refractivity contribution in [3.63, 3.8) is 0 Å². The second-order valence-corrected chi connectivity index (χ2v) is 5.06. The molecule has 0 fully saturated rings. The second-order valence-electron chi connectivity index (χ2n) is 5.06. The van der Waals surface area contributed by atoms with Gasteiger partial charge in [0.2, 0.25) is 11.7 Å². The van der Waals surface area contributed by atoms with Gasteiger partial charge in [0.25, 0.3) is 0 Å². The summed E-state index contributed by atoms with van der Waals surface area (Å²) in [5.41, 5.74) is 3.60. The normalized spacial score (nSPS) is 11.2. The molecule has 0 unspecified atom stereocenters. The number of benzene rings is 2. The van der Waals surface area contributed by atoms with Crippen molar-refractivity contribution < 1.29 is 4.73 Å². The first-order valence-corrected chi connectivity index (χ1v) is 6.82. The zero-order valence-electron chi connectivity index (χ0n) is 11.3. The Kier molecular flexibility index (Phi) is 2.60. The van der Waals surface area contributed by atoms with E-state index in [1.54, 1.807) is 12.5 Å². The Bertz CT molecular complexity index is 929. The van der Waals surface area contributed by atoms with Gasteiger partial charge in [-0.1, -0.05) is 42.5 Å².